The Morgan fingerprint density at radius 3 is 2.32 bits per heavy atom. The summed E-state index contributed by atoms with van der Waals surface area (Å²) in [6, 6.07) is 11.8. The van der Waals surface area contributed by atoms with Gasteiger partial charge in [-0.1, -0.05) is 39.1 Å². The lowest BCUT2D eigenvalue weighted by Crippen LogP contribution is -2.21. The summed E-state index contributed by atoms with van der Waals surface area (Å²) < 4.78 is 5.81. The van der Waals surface area contributed by atoms with E-state index in [1.165, 1.54) is 6.07 Å². The van der Waals surface area contributed by atoms with Crippen molar-refractivity contribution in [1.82, 2.24) is 0 Å². The first-order valence-electron chi connectivity index (χ1n) is 8.29. The maximum absolute atomic E-state index is 11.8. The van der Waals surface area contributed by atoms with Gasteiger partial charge in [-0.05, 0) is 48.9 Å². The zero-order valence-electron chi connectivity index (χ0n) is 14.6. The Kier molecular flexibility index (Phi) is 8.76. The van der Waals surface area contributed by atoms with Crippen molar-refractivity contribution in [2.45, 2.75) is 19.3 Å². The van der Waals surface area contributed by atoms with Gasteiger partial charge in [0.25, 0.3) is 5.91 Å². The molecule has 0 aromatic heterocycles. The van der Waals surface area contributed by atoms with Crippen LogP contribution in [0.1, 0.15) is 19.3 Å². The van der Waals surface area contributed by atoms with Crippen LogP contribution in [0.15, 0.2) is 46.9 Å². The number of anilines is 2. The van der Waals surface area contributed by atoms with Gasteiger partial charge in [-0.3, -0.25) is 14.4 Å². The van der Waals surface area contributed by atoms with E-state index in [0.29, 0.717) is 22.8 Å². The summed E-state index contributed by atoms with van der Waals surface area (Å²) in [5.41, 5.74) is 1.05. The Balaban J connectivity index is 1.64. The van der Waals surface area contributed by atoms with E-state index in [9.17, 15) is 14.4 Å². The molecule has 2 aromatic rings. The first kappa shape index (κ1) is 22.2. The van der Waals surface area contributed by atoms with Gasteiger partial charge in [0.2, 0.25) is 5.91 Å². The SMILES string of the molecule is O=C(CCCC(=O)OCC(=O)Nc1ccc(Cl)cc1Cl)Nc1ccc(Br)cc1. The number of carbonyl (C=O) groups is 3. The van der Waals surface area contributed by atoms with Crippen LogP contribution in [0, 0.1) is 0 Å². The van der Waals surface area contributed by atoms with Crippen molar-refractivity contribution in [2.75, 3.05) is 17.2 Å². The van der Waals surface area contributed by atoms with E-state index in [1.807, 2.05) is 12.1 Å². The van der Waals surface area contributed by atoms with E-state index >= 15 is 0 Å². The smallest absolute Gasteiger partial charge is 0.306 e. The second-order valence-corrected chi connectivity index (χ2v) is 7.50. The third-order valence-corrected chi connectivity index (χ3v) is 4.56. The average Bonchev–Trinajstić information content (AvgIpc) is 2.64. The van der Waals surface area contributed by atoms with Crippen molar-refractivity contribution in [3.63, 3.8) is 0 Å². The summed E-state index contributed by atoms with van der Waals surface area (Å²) in [7, 11) is 0. The molecule has 0 saturated carbocycles. The minimum atomic E-state index is -0.561. The van der Waals surface area contributed by atoms with Crippen LogP contribution < -0.4 is 10.6 Å². The number of halogens is 3. The van der Waals surface area contributed by atoms with Crippen LogP contribution in [0.5, 0.6) is 0 Å². The molecule has 0 fully saturated rings. The quantitative estimate of drug-likeness (QED) is 0.510. The maximum atomic E-state index is 11.8. The largest absolute Gasteiger partial charge is 0.456 e. The minimum absolute atomic E-state index is 0.0305. The topological polar surface area (TPSA) is 84.5 Å². The van der Waals surface area contributed by atoms with Crippen LogP contribution in [-0.2, 0) is 19.1 Å². The second kappa shape index (κ2) is 11.0. The summed E-state index contributed by atoms with van der Waals surface area (Å²) in [5.74, 6) is -1.29. The van der Waals surface area contributed by atoms with Crippen LogP contribution in [0.3, 0.4) is 0 Å². The number of hydrogen-bond donors (Lipinski definition) is 2. The van der Waals surface area contributed by atoms with Gasteiger partial charge in [0.15, 0.2) is 6.61 Å². The van der Waals surface area contributed by atoms with Gasteiger partial charge >= 0.3 is 5.97 Å². The summed E-state index contributed by atoms with van der Waals surface area (Å²) in [4.78, 5) is 35.4. The van der Waals surface area contributed by atoms with Crippen LogP contribution in [-0.4, -0.2) is 24.4 Å². The Bertz CT molecular complexity index is 860. The van der Waals surface area contributed by atoms with Crippen molar-refractivity contribution in [2.24, 2.45) is 0 Å². The molecule has 2 amide bonds. The molecule has 9 heteroatoms. The molecule has 0 atom stereocenters. The lowest BCUT2D eigenvalue weighted by Gasteiger charge is -2.08. The highest BCUT2D eigenvalue weighted by Crippen LogP contribution is 2.25. The molecule has 0 spiro atoms. The number of amides is 2. The lowest BCUT2D eigenvalue weighted by molar-refractivity contribution is -0.147. The van der Waals surface area contributed by atoms with Crippen molar-refractivity contribution < 1.29 is 19.1 Å². The number of carbonyl (C=O) groups excluding carboxylic acids is 3. The third kappa shape index (κ3) is 7.88. The predicted octanol–water partition coefficient (Wildman–Crippen LogP) is 5.05. The molecule has 2 rings (SSSR count). The molecule has 0 heterocycles. The molecule has 2 aromatic carbocycles. The number of benzene rings is 2. The summed E-state index contributed by atoms with van der Waals surface area (Å²) >= 11 is 15.0. The van der Waals surface area contributed by atoms with Crippen molar-refractivity contribution in [1.29, 1.82) is 0 Å². The number of rotatable bonds is 8. The van der Waals surface area contributed by atoms with E-state index in [2.05, 4.69) is 26.6 Å². The minimum Gasteiger partial charge on any atom is -0.456 e. The van der Waals surface area contributed by atoms with Crippen molar-refractivity contribution in [3.05, 3.63) is 57.0 Å². The standard InChI is InChI=1S/C19H17BrCl2N2O4/c20-12-4-7-14(8-5-12)23-17(25)2-1-3-19(27)28-11-18(26)24-16-9-6-13(21)10-15(16)22/h4-10H,1-3,11H2,(H,23,25)(H,24,26). The van der Waals surface area contributed by atoms with Crippen molar-refractivity contribution in [3.8, 4) is 0 Å². The van der Waals surface area contributed by atoms with Gasteiger partial charge in [-0.25, -0.2) is 0 Å². The normalized spacial score (nSPS) is 10.2. The van der Waals surface area contributed by atoms with E-state index in [0.717, 1.165) is 4.47 Å². The van der Waals surface area contributed by atoms with Gasteiger partial charge in [-0.2, -0.15) is 0 Å². The predicted molar refractivity (Wildman–Crippen MR) is 113 cm³/mol. The molecule has 2 N–H and O–H groups in total. The molecule has 0 saturated heterocycles. The second-order valence-electron chi connectivity index (χ2n) is 5.74. The number of nitrogens with one attached hydrogen (secondary N) is 2. The Morgan fingerprint density at radius 1 is 0.929 bits per heavy atom. The third-order valence-electron chi connectivity index (χ3n) is 3.48. The van der Waals surface area contributed by atoms with Crippen molar-refractivity contribution >= 4 is 68.3 Å². The fourth-order valence-corrected chi connectivity index (χ4v) is 2.87. The van der Waals surface area contributed by atoms with Crippen LogP contribution in [0.2, 0.25) is 10.0 Å². The highest BCUT2D eigenvalue weighted by atomic mass is 79.9. The van der Waals surface area contributed by atoms with Crippen LogP contribution >= 0.6 is 39.1 Å². The molecule has 0 bridgehead atoms. The van der Waals surface area contributed by atoms with E-state index < -0.39 is 18.5 Å². The number of ether oxygens (including phenoxy) is 1. The molecular formula is C19H17BrCl2N2O4. The molecule has 28 heavy (non-hydrogen) atoms. The van der Waals surface area contributed by atoms with E-state index in [4.69, 9.17) is 27.9 Å². The Hall–Kier alpha value is -2.09. The first-order valence-corrected chi connectivity index (χ1v) is 9.84. The zero-order valence-corrected chi connectivity index (χ0v) is 17.7. The first-order chi connectivity index (χ1) is 13.3. The highest BCUT2D eigenvalue weighted by molar-refractivity contribution is 9.10. The lowest BCUT2D eigenvalue weighted by atomic mass is 10.2. The Labute approximate surface area is 180 Å². The molecular weight excluding hydrogens is 471 g/mol. The van der Waals surface area contributed by atoms with E-state index in [1.54, 1.807) is 24.3 Å². The maximum Gasteiger partial charge on any atom is 0.306 e. The van der Waals surface area contributed by atoms with Gasteiger partial charge in [0.05, 0.1) is 10.7 Å². The van der Waals surface area contributed by atoms with Gasteiger partial charge in [0, 0.05) is 28.0 Å². The summed E-state index contributed by atoms with van der Waals surface area (Å²) in [6.45, 7) is -0.442. The van der Waals surface area contributed by atoms with Crippen LogP contribution in [0.4, 0.5) is 11.4 Å². The molecule has 0 unspecified atom stereocenters. The summed E-state index contributed by atoms with van der Waals surface area (Å²) in [5, 5.41) is 5.98. The van der Waals surface area contributed by atoms with Gasteiger partial charge < -0.3 is 15.4 Å². The Morgan fingerprint density at radius 2 is 1.64 bits per heavy atom. The number of esters is 1. The summed E-state index contributed by atoms with van der Waals surface area (Å²) in [6.07, 6.45) is 0.506. The molecule has 0 aliphatic rings. The molecule has 0 radical (unpaired) electrons. The number of hydrogen-bond acceptors (Lipinski definition) is 4. The molecule has 0 aliphatic carbocycles. The molecule has 0 aliphatic heterocycles. The average molecular weight is 488 g/mol. The fraction of sp³-hybridized carbons (Fsp3) is 0.211. The highest BCUT2D eigenvalue weighted by Gasteiger charge is 2.11. The monoisotopic (exact) mass is 486 g/mol. The van der Waals surface area contributed by atoms with Gasteiger partial charge in [0.1, 0.15) is 0 Å². The zero-order chi connectivity index (χ0) is 20.5. The van der Waals surface area contributed by atoms with E-state index in [-0.39, 0.29) is 23.8 Å². The fourth-order valence-electron chi connectivity index (χ4n) is 2.15. The van der Waals surface area contributed by atoms with Crippen LogP contribution in [0.25, 0.3) is 0 Å². The van der Waals surface area contributed by atoms with Gasteiger partial charge in [-0.15, -0.1) is 0 Å². The molecule has 148 valence electrons. The molecule has 6 nitrogen and oxygen atoms in total.